The minimum Gasteiger partial charge on any atom is -0.322 e. The highest BCUT2D eigenvalue weighted by molar-refractivity contribution is 6.07. The fourth-order valence-electron chi connectivity index (χ4n) is 2.72. The Morgan fingerprint density at radius 3 is 2.07 bits per heavy atom. The molecule has 0 saturated carbocycles. The number of nitrogens with zero attached hydrogens (tertiary/aromatic N) is 1. The van der Waals surface area contributed by atoms with E-state index in [9.17, 15) is 9.59 Å². The van der Waals surface area contributed by atoms with Gasteiger partial charge in [-0.2, -0.15) is 5.26 Å². The average Bonchev–Trinajstić information content (AvgIpc) is 2.71. The Kier molecular flexibility index (Phi) is 5.52. The van der Waals surface area contributed by atoms with E-state index in [1.54, 1.807) is 48.5 Å². The predicted molar refractivity (Wildman–Crippen MR) is 109 cm³/mol. The van der Waals surface area contributed by atoms with Crippen molar-refractivity contribution in [2.24, 2.45) is 0 Å². The summed E-state index contributed by atoms with van der Waals surface area (Å²) in [5.74, 6) is -0.543. The van der Waals surface area contributed by atoms with E-state index in [1.807, 2.05) is 38.1 Å². The van der Waals surface area contributed by atoms with Crippen LogP contribution in [0.3, 0.4) is 0 Å². The molecule has 0 spiro atoms. The zero-order valence-corrected chi connectivity index (χ0v) is 15.6. The van der Waals surface area contributed by atoms with Gasteiger partial charge in [0.2, 0.25) is 0 Å². The lowest BCUT2D eigenvalue weighted by Gasteiger charge is -2.11. The van der Waals surface area contributed by atoms with Gasteiger partial charge < -0.3 is 10.6 Å². The lowest BCUT2D eigenvalue weighted by Crippen LogP contribution is -2.15. The maximum Gasteiger partial charge on any atom is 0.255 e. The first-order valence-electron chi connectivity index (χ1n) is 8.77. The van der Waals surface area contributed by atoms with Crippen molar-refractivity contribution in [1.29, 1.82) is 5.26 Å². The van der Waals surface area contributed by atoms with Crippen LogP contribution in [-0.2, 0) is 0 Å². The summed E-state index contributed by atoms with van der Waals surface area (Å²) in [6.07, 6.45) is 0. The summed E-state index contributed by atoms with van der Waals surface area (Å²) in [4.78, 5) is 24.9. The molecule has 3 aromatic carbocycles. The first-order valence-corrected chi connectivity index (χ1v) is 8.77. The van der Waals surface area contributed by atoms with Crippen LogP contribution >= 0.6 is 0 Å². The number of amides is 2. The van der Waals surface area contributed by atoms with Crippen molar-refractivity contribution < 1.29 is 9.59 Å². The summed E-state index contributed by atoms with van der Waals surface area (Å²) in [5, 5.41) is 14.6. The molecule has 0 aromatic heterocycles. The van der Waals surface area contributed by atoms with E-state index in [1.165, 1.54) is 0 Å². The van der Waals surface area contributed by atoms with E-state index in [-0.39, 0.29) is 11.8 Å². The third-order valence-corrected chi connectivity index (χ3v) is 4.51. The number of nitriles is 1. The highest BCUT2D eigenvalue weighted by Gasteiger charge is 2.11. The van der Waals surface area contributed by atoms with Crippen LogP contribution in [0.4, 0.5) is 11.4 Å². The molecule has 138 valence electrons. The van der Waals surface area contributed by atoms with Crippen LogP contribution < -0.4 is 10.6 Å². The maximum atomic E-state index is 12.5. The van der Waals surface area contributed by atoms with Crippen LogP contribution in [0.2, 0.25) is 0 Å². The molecule has 2 N–H and O–H groups in total. The minimum absolute atomic E-state index is 0.234. The van der Waals surface area contributed by atoms with Crippen molar-refractivity contribution in [3.05, 3.63) is 94.5 Å². The van der Waals surface area contributed by atoms with Crippen molar-refractivity contribution in [1.82, 2.24) is 0 Å². The number of aryl methyl sites for hydroxylation is 1. The Bertz CT molecular complexity index is 1080. The van der Waals surface area contributed by atoms with E-state index in [2.05, 4.69) is 10.6 Å². The maximum absolute atomic E-state index is 12.5. The first kappa shape index (κ1) is 18.9. The topological polar surface area (TPSA) is 82.0 Å². The van der Waals surface area contributed by atoms with Crippen LogP contribution in [0.1, 0.15) is 37.4 Å². The Hall–Kier alpha value is -3.91. The Balaban J connectivity index is 1.70. The molecule has 5 heteroatoms. The normalized spacial score (nSPS) is 10.0. The Morgan fingerprint density at radius 2 is 1.43 bits per heavy atom. The van der Waals surface area contributed by atoms with Crippen LogP contribution in [-0.4, -0.2) is 11.8 Å². The van der Waals surface area contributed by atoms with Gasteiger partial charge in [-0.1, -0.05) is 18.2 Å². The van der Waals surface area contributed by atoms with Crippen molar-refractivity contribution in [2.75, 3.05) is 10.6 Å². The van der Waals surface area contributed by atoms with Crippen LogP contribution in [0.15, 0.2) is 66.7 Å². The Labute approximate surface area is 163 Å². The average molecular weight is 369 g/mol. The van der Waals surface area contributed by atoms with Gasteiger partial charge in [0.1, 0.15) is 0 Å². The van der Waals surface area contributed by atoms with Gasteiger partial charge in [-0.25, -0.2) is 0 Å². The quantitative estimate of drug-likeness (QED) is 0.700. The van der Waals surface area contributed by atoms with Crippen LogP contribution in [0.5, 0.6) is 0 Å². The lowest BCUT2D eigenvalue weighted by molar-refractivity contribution is 0.101. The van der Waals surface area contributed by atoms with Gasteiger partial charge in [0.05, 0.1) is 11.6 Å². The molecule has 3 aromatic rings. The van der Waals surface area contributed by atoms with E-state index in [0.29, 0.717) is 22.4 Å². The van der Waals surface area contributed by atoms with Crippen molar-refractivity contribution in [3.63, 3.8) is 0 Å². The third-order valence-electron chi connectivity index (χ3n) is 4.51. The van der Waals surface area contributed by atoms with Gasteiger partial charge in [0.15, 0.2) is 0 Å². The molecule has 5 nitrogen and oxygen atoms in total. The standard InChI is InChI=1S/C23H19N3O2/c1-15-5-3-8-21(16(15)2)26-23(28)19-11-9-18(10-12-19)22(27)25-20-7-4-6-17(13-20)14-24/h3-13H,1-2H3,(H,25,27)(H,26,28). The molecule has 0 aliphatic heterocycles. The summed E-state index contributed by atoms with van der Waals surface area (Å²) in [7, 11) is 0. The SMILES string of the molecule is Cc1cccc(NC(=O)c2ccc(C(=O)Nc3cccc(C#N)c3)cc2)c1C. The van der Waals surface area contributed by atoms with Gasteiger partial charge >= 0.3 is 0 Å². The first-order chi connectivity index (χ1) is 13.5. The summed E-state index contributed by atoms with van der Waals surface area (Å²) >= 11 is 0. The number of carbonyl (C=O) groups excluding carboxylic acids is 2. The van der Waals surface area contributed by atoms with E-state index in [4.69, 9.17) is 5.26 Å². The molecule has 0 aliphatic rings. The second-order valence-electron chi connectivity index (χ2n) is 6.43. The van der Waals surface area contributed by atoms with Gasteiger partial charge in [0.25, 0.3) is 11.8 Å². The predicted octanol–water partition coefficient (Wildman–Crippen LogP) is 4.68. The number of benzene rings is 3. The van der Waals surface area contributed by atoms with Gasteiger partial charge in [-0.15, -0.1) is 0 Å². The van der Waals surface area contributed by atoms with Gasteiger partial charge in [-0.3, -0.25) is 9.59 Å². The second-order valence-corrected chi connectivity index (χ2v) is 6.43. The fourth-order valence-corrected chi connectivity index (χ4v) is 2.72. The highest BCUT2D eigenvalue weighted by atomic mass is 16.2. The van der Waals surface area contributed by atoms with E-state index in [0.717, 1.165) is 16.8 Å². The molecule has 2 amide bonds. The Morgan fingerprint density at radius 1 is 0.821 bits per heavy atom. The number of rotatable bonds is 4. The molecule has 0 fully saturated rings. The zero-order chi connectivity index (χ0) is 20.1. The molecule has 0 radical (unpaired) electrons. The minimum atomic E-state index is -0.309. The fraction of sp³-hybridized carbons (Fsp3) is 0.0870. The van der Waals surface area contributed by atoms with E-state index < -0.39 is 0 Å². The van der Waals surface area contributed by atoms with Crippen LogP contribution in [0.25, 0.3) is 0 Å². The molecule has 28 heavy (non-hydrogen) atoms. The smallest absolute Gasteiger partial charge is 0.255 e. The molecule has 0 aliphatic carbocycles. The van der Waals surface area contributed by atoms with Crippen molar-refractivity contribution in [3.8, 4) is 6.07 Å². The van der Waals surface area contributed by atoms with Crippen molar-refractivity contribution in [2.45, 2.75) is 13.8 Å². The highest BCUT2D eigenvalue weighted by Crippen LogP contribution is 2.19. The number of hydrogen-bond acceptors (Lipinski definition) is 3. The molecule has 0 unspecified atom stereocenters. The summed E-state index contributed by atoms with van der Waals surface area (Å²) < 4.78 is 0. The second kappa shape index (κ2) is 8.19. The zero-order valence-electron chi connectivity index (χ0n) is 15.6. The molecule has 0 bridgehead atoms. The summed E-state index contributed by atoms with van der Waals surface area (Å²) in [6, 6.07) is 20.9. The largest absolute Gasteiger partial charge is 0.322 e. The molecule has 0 heterocycles. The lowest BCUT2D eigenvalue weighted by atomic mass is 10.1. The monoisotopic (exact) mass is 369 g/mol. The molecular weight excluding hydrogens is 350 g/mol. The molecule has 0 saturated heterocycles. The third kappa shape index (κ3) is 4.25. The number of anilines is 2. The number of hydrogen-bond donors (Lipinski definition) is 2. The number of carbonyl (C=O) groups is 2. The molecule has 3 rings (SSSR count). The number of nitrogens with one attached hydrogen (secondary N) is 2. The van der Waals surface area contributed by atoms with Gasteiger partial charge in [-0.05, 0) is 73.5 Å². The van der Waals surface area contributed by atoms with Gasteiger partial charge in [0, 0.05) is 22.5 Å². The molecular formula is C23H19N3O2. The van der Waals surface area contributed by atoms with Crippen molar-refractivity contribution >= 4 is 23.2 Å². The van der Waals surface area contributed by atoms with E-state index >= 15 is 0 Å². The van der Waals surface area contributed by atoms with Crippen LogP contribution in [0, 0.1) is 25.2 Å². The summed E-state index contributed by atoms with van der Waals surface area (Å²) in [6.45, 7) is 3.95. The summed E-state index contributed by atoms with van der Waals surface area (Å²) in [5.41, 5.74) is 4.78. The molecule has 0 atom stereocenters.